The number of fused-ring (bicyclic) bond motifs is 1. The summed E-state index contributed by atoms with van der Waals surface area (Å²) in [6.07, 6.45) is -4.95. The van der Waals surface area contributed by atoms with E-state index in [0.717, 1.165) is 29.1 Å². The fourth-order valence-corrected chi connectivity index (χ4v) is 5.43. The zero-order valence-corrected chi connectivity index (χ0v) is 23.0. The Morgan fingerprint density at radius 3 is 2.34 bits per heavy atom. The van der Waals surface area contributed by atoms with Crippen LogP contribution in [0.15, 0.2) is 65.7 Å². The van der Waals surface area contributed by atoms with E-state index in [0.29, 0.717) is 43.4 Å². The number of rotatable bonds is 6. The second-order valence-corrected chi connectivity index (χ2v) is 9.97. The number of hydrogen-bond acceptors (Lipinski definition) is 7. The van der Waals surface area contributed by atoms with E-state index in [4.69, 9.17) is 14.5 Å². The minimum absolute atomic E-state index is 0.106. The summed E-state index contributed by atoms with van der Waals surface area (Å²) in [7, 11) is 2.99. The lowest BCUT2D eigenvalue weighted by Crippen LogP contribution is -2.55. The highest BCUT2D eigenvalue weighted by Crippen LogP contribution is 2.46. The van der Waals surface area contributed by atoms with Gasteiger partial charge in [-0.05, 0) is 42.8 Å². The fraction of sp³-hybridized carbons (Fsp3) is 0.333. The molecule has 1 N–H and O–H groups in total. The molecule has 0 aromatic heterocycles. The Labute approximate surface area is 236 Å². The molecule has 0 radical (unpaired) electrons. The minimum Gasteiger partial charge on any atom is -0.497 e. The molecule has 0 unspecified atom stereocenters. The van der Waals surface area contributed by atoms with Crippen molar-refractivity contribution >= 4 is 29.0 Å². The van der Waals surface area contributed by atoms with E-state index in [2.05, 4.69) is 4.90 Å². The maximum absolute atomic E-state index is 13.9. The van der Waals surface area contributed by atoms with Crippen LogP contribution >= 0.6 is 0 Å². The molecule has 0 amide bonds. The number of hydrogen-bond donors (Lipinski definition) is 1. The normalized spacial score (nSPS) is 17.2. The molecule has 3 aromatic carbocycles. The number of methoxy groups -OCH3 is 2. The highest BCUT2D eigenvalue weighted by atomic mass is 19.4. The number of anilines is 2. The lowest BCUT2D eigenvalue weighted by atomic mass is 9.95. The summed E-state index contributed by atoms with van der Waals surface area (Å²) in [4.78, 5) is 22.9. The number of aryl methyl sites for hydroxylation is 1. The number of carboxylic acids is 1. The molecule has 0 bridgehead atoms. The second kappa shape index (κ2) is 11.2. The van der Waals surface area contributed by atoms with E-state index in [1.54, 1.807) is 24.1 Å². The van der Waals surface area contributed by atoms with E-state index >= 15 is 0 Å². The Hall–Kier alpha value is -4.41. The van der Waals surface area contributed by atoms with Crippen LogP contribution in [0.4, 0.5) is 30.2 Å². The number of piperazine rings is 1. The lowest BCUT2D eigenvalue weighted by molar-refractivity contribution is -0.138. The van der Waals surface area contributed by atoms with Crippen LogP contribution in [0.1, 0.15) is 29.2 Å². The van der Waals surface area contributed by atoms with Crippen LogP contribution in [-0.2, 0) is 11.0 Å². The van der Waals surface area contributed by atoms with Gasteiger partial charge in [-0.2, -0.15) is 13.2 Å². The summed E-state index contributed by atoms with van der Waals surface area (Å²) >= 11 is 0. The predicted molar refractivity (Wildman–Crippen MR) is 151 cm³/mol. The highest BCUT2D eigenvalue weighted by Gasteiger charge is 2.40. The van der Waals surface area contributed by atoms with E-state index in [-0.39, 0.29) is 17.9 Å². The minimum atomic E-state index is -4.60. The number of carbonyl (C=O) groups is 1. The van der Waals surface area contributed by atoms with Crippen LogP contribution in [-0.4, -0.2) is 62.3 Å². The number of carboxylic acid groups (broad SMARTS) is 1. The van der Waals surface area contributed by atoms with Gasteiger partial charge in [0.25, 0.3) is 0 Å². The summed E-state index contributed by atoms with van der Waals surface area (Å²) in [6, 6.07) is 15.6. The average molecular weight is 569 g/mol. The number of halogens is 3. The van der Waals surface area contributed by atoms with Crippen molar-refractivity contribution in [1.29, 1.82) is 0 Å². The molecule has 2 aliphatic heterocycles. The van der Waals surface area contributed by atoms with Crippen molar-refractivity contribution in [2.45, 2.75) is 25.6 Å². The monoisotopic (exact) mass is 568 g/mol. The number of nitrogens with zero attached hydrogens (tertiary/aromatic N) is 4. The number of ether oxygens (including phenoxy) is 2. The topological polar surface area (TPSA) is 77.8 Å². The first kappa shape index (κ1) is 28.1. The Bertz CT molecular complexity index is 1470. The number of para-hydroxylation sites is 1. The first-order valence-corrected chi connectivity index (χ1v) is 13.2. The predicted octanol–water partition coefficient (Wildman–Crippen LogP) is 5.88. The zero-order valence-electron chi connectivity index (χ0n) is 23.0. The van der Waals surface area contributed by atoms with E-state index in [1.165, 1.54) is 13.2 Å². The molecular formula is C30H31F3N4O4. The van der Waals surface area contributed by atoms with Gasteiger partial charge in [0.15, 0.2) is 0 Å². The molecule has 41 heavy (non-hydrogen) atoms. The molecule has 0 aliphatic carbocycles. The van der Waals surface area contributed by atoms with Crippen molar-refractivity contribution in [3.8, 4) is 11.5 Å². The second-order valence-electron chi connectivity index (χ2n) is 9.97. The van der Waals surface area contributed by atoms with Gasteiger partial charge in [0.1, 0.15) is 11.5 Å². The number of aliphatic carboxylic acids is 1. The molecule has 216 valence electrons. The van der Waals surface area contributed by atoms with Crippen molar-refractivity contribution < 1.29 is 32.5 Å². The van der Waals surface area contributed by atoms with Crippen LogP contribution in [0.2, 0.25) is 0 Å². The quantitative estimate of drug-likeness (QED) is 0.398. The van der Waals surface area contributed by atoms with Gasteiger partial charge in [-0.3, -0.25) is 4.79 Å². The Balaban J connectivity index is 1.60. The maximum Gasteiger partial charge on any atom is 0.416 e. The Morgan fingerprint density at radius 1 is 0.976 bits per heavy atom. The molecule has 2 aliphatic rings. The largest absolute Gasteiger partial charge is 0.497 e. The molecule has 1 fully saturated rings. The van der Waals surface area contributed by atoms with Crippen LogP contribution in [0.5, 0.6) is 11.5 Å². The lowest BCUT2D eigenvalue weighted by Gasteiger charge is -2.45. The molecule has 11 heteroatoms. The summed E-state index contributed by atoms with van der Waals surface area (Å²) < 4.78 is 52.5. The number of guanidine groups is 1. The van der Waals surface area contributed by atoms with Gasteiger partial charge in [0.2, 0.25) is 5.96 Å². The van der Waals surface area contributed by atoms with Crippen molar-refractivity contribution in [3.05, 3.63) is 77.4 Å². The van der Waals surface area contributed by atoms with Crippen molar-refractivity contribution in [3.63, 3.8) is 0 Å². The number of alkyl halides is 3. The molecule has 1 atom stereocenters. The van der Waals surface area contributed by atoms with Crippen LogP contribution in [0.25, 0.3) is 0 Å². The molecule has 0 saturated carbocycles. The third-order valence-electron chi connectivity index (χ3n) is 7.48. The molecule has 3 aromatic rings. The third kappa shape index (κ3) is 5.61. The summed E-state index contributed by atoms with van der Waals surface area (Å²) in [5, 5.41) is 9.93. The number of benzene rings is 3. The van der Waals surface area contributed by atoms with Gasteiger partial charge in [0, 0.05) is 43.5 Å². The summed E-state index contributed by atoms with van der Waals surface area (Å²) in [6.45, 7) is 4.14. The molecule has 2 heterocycles. The van der Waals surface area contributed by atoms with Crippen molar-refractivity contribution in [2.24, 2.45) is 4.99 Å². The summed E-state index contributed by atoms with van der Waals surface area (Å²) in [5.74, 6) is 0.240. The van der Waals surface area contributed by atoms with Crippen LogP contribution in [0.3, 0.4) is 0 Å². The van der Waals surface area contributed by atoms with Gasteiger partial charge < -0.3 is 29.3 Å². The zero-order chi connectivity index (χ0) is 29.3. The third-order valence-corrected chi connectivity index (χ3v) is 7.48. The van der Waals surface area contributed by atoms with Crippen LogP contribution in [0, 0.1) is 6.92 Å². The first-order chi connectivity index (χ1) is 19.6. The standard InChI is InChI=1S/C30H31F3N4O4/c1-19-6-4-9-23-24(18-27(38)39)37(25-16-20(30(31,32)33)10-11-26(25)41-3)29(34-28(19)23)36-14-12-35(13-15-36)21-7-5-8-22(17-21)40-2/h4-11,16-17,24H,12-15,18H2,1-3H3,(H,38,39)/t24-/m0/s1. The molecular weight excluding hydrogens is 537 g/mol. The van der Waals surface area contributed by atoms with Gasteiger partial charge in [-0.1, -0.05) is 24.3 Å². The van der Waals surface area contributed by atoms with E-state index in [1.807, 2.05) is 42.2 Å². The number of aliphatic imine (C=N–C) groups is 1. The molecule has 1 saturated heterocycles. The highest BCUT2D eigenvalue weighted by molar-refractivity contribution is 6.02. The van der Waals surface area contributed by atoms with E-state index < -0.39 is 23.8 Å². The Kier molecular flexibility index (Phi) is 7.70. The van der Waals surface area contributed by atoms with Gasteiger partial charge in [-0.15, -0.1) is 0 Å². The smallest absolute Gasteiger partial charge is 0.416 e. The molecule has 0 spiro atoms. The first-order valence-electron chi connectivity index (χ1n) is 13.2. The van der Waals surface area contributed by atoms with E-state index in [9.17, 15) is 23.1 Å². The Morgan fingerprint density at radius 2 is 1.68 bits per heavy atom. The van der Waals surface area contributed by atoms with Gasteiger partial charge in [0.05, 0.1) is 43.6 Å². The average Bonchev–Trinajstić information content (AvgIpc) is 2.96. The van der Waals surface area contributed by atoms with Crippen LogP contribution < -0.4 is 19.3 Å². The summed E-state index contributed by atoms with van der Waals surface area (Å²) in [5.41, 5.74) is 2.35. The van der Waals surface area contributed by atoms with Crippen molar-refractivity contribution in [1.82, 2.24) is 4.90 Å². The van der Waals surface area contributed by atoms with Gasteiger partial charge >= 0.3 is 12.1 Å². The fourth-order valence-electron chi connectivity index (χ4n) is 5.43. The SMILES string of the molecule is COc1cccc(N2CCN(C3=Nc4c(C)cccc4[C@H](CC(=O)O)N3c3cc(C(F)(F)F)ccc3OC)CC2)c1. The van der Waals surface area contributed by atoms with Gasteiger partial charge in [-0.25, -0.2) is 4.99 Å². The molecule has 5 rings (SSSR count). The van der Waals surface area contributed by atoms with Crippen molar-refractivity contribution in [2.75, 3.05) is 50.2 Å². The maximum atomic E-state index is 13.9. The molecule has 8 nitrogen and oxygen atoms in total.